The molecule has 0 unspecified atom stereocenters. The molecule has 0 aromatic heterocycles. The summed E-state index contributed by atoms with van der Waals surface area (Å²) in [5, 5.41) is 3.82. The van der Waals surface area contributed by atoms with Gasteiger partial charge in [0, 0.05) is 23.3 Å². The highest BCUT2D eigenvalue weighted by molar-refractivity contribution is 6.31. The highest BCUT2D eigenvalue weighted by Gasteiger charge is 2.10. The van der Waals surface area contributed by atoms with Gasteiger partial charge in [-0.3, -0.25) is 0 Å². The number of aryl methyl sites for hydroxylation is 1. The molecule has 2 rings (SSSR count). The third-order valence-electron chi connectivity index (χ3n) is 2.93. The quantitative estimate of drug-likeness (QED) is 0.886. The van der Waals surface area contributed by atoms with E-state index in [1.165, 1.54) is 0 Å². The van der Waals surface area contributed by atoms with Gasteiger partial charge in [-0.25, -0.2) is 0 Å². The Labute approximate surface area is 113 Å². The van der Waals surface area contributed by atoms with E-state index in [9.17, 15) is 0 Å². The number of benzene rings is 2. The molecular weight excluding hydrogens is 246 g/mol. The van der Waals surface area contributed by atoms with Crippen molar-refractivity contribution in [1.29, 1.82) is 0 Å². The van der Waals surface area contributed by atoms with Gasteiger partial charge in [0.2, 0.25) is 0 Å². The predicted octanol–water partition coefficient (Wildman–Crippen LogP) is 4.37. The molecule has 94 valence electrons. The molecule has 3 heteroatoms. The van der Waals surface area contributed by atoms with E-state index in [0.717, 1.165) is 33.1 Å². The lowest BCUT2D eigenvalue weighted by Crippen LogP contribution is -1.92. The standard InChI is InChI=1S/C15H16ClNO/c1-10-8-12(16)9-14(15(10)18-3)11-4-6-13(17-2)7-5-11/h4-9,17H,1-3H3. The second-order valence-electron chi connectivity index (χ2n) is 4.13. The Kier molecular flexibility index (Phi) is 3.78. The first-order chi connectivity index (χ1) is 8.65. The van der Waals surface area contributed by atoms with Crippen LogP contribution in [0.4, 0.5) is 5.69 Å². The SMILES string of the molecule is CNc1ccc(-c2cc(Cl)cc(C)c2OC)cc1. The number of methoxy groups -OCH3 is 1. The number of anilines is 1. The summed E-state index contributed by atoms with van der Waals surface area (Å²) in [6, 6.07) is 12.0. The van der Waals surface area contributed by atoms with E-state index >= 15 is 0 Å². The van der Waals surface area contributed by atoms with Gasteiger partial charge in [-0.15, -0.1) is 0 Å². The van der Waals surface area contributed by atoms with Crippen molar-refractivity contribution in [1.82, 2.24) is 0 Å². The summed E-state index contributed by atoms with van der Waals surface area (Å²) in [5.74, 6) is 0.872. The molecule has 0 aliphatic rings. The summed E-state index contributed by atoms with van der Waals surface area (Å²) >= 11 is 6.12. The van der Waals surface area contributed by atoms with Gasteiger partial charge in [-0.2, -0.15) is 0 Å². The summed E-state index contributed by atoms with van der Waals surface area (Å²) in [4.78, 5) is 0. The van der Waals surface area contributed by atoms with Crippen LogP contribution in [0.15, 0.2) is 36.4 Å². The smallest absolute Gasteiger partial charge is 0.129 e. The van der Waals surface area contributed by atoms with E-state index < -0.39 is 0 Å². The molecule has 0 aliphatic heterocycles. The van der Waals surface area contributed by atoms with Gasteiger partial charge in [0.1, 0.15) is 5.75 Å². The summed E-state index contributed by atoms with van der Waals surface area (Å²) in [5.41, 5.74) is 4.23. The van der Waals surface area contributed by atoms with Gasteiger partial charge in [0.15, 0.2) is 0 Å². The molecule has 0 atom stereocenters. The van der Waals surface area contributed by atoms with Crippen molar-refractivity contribution < 1.29 is 4.74 Å². The summed E-state index contributed by atoms with van der Waals surface area (Å²) < 4.78 is 5.47. The molecule has 0 saturated heterocycles. The zero-order valence-corrected chi connectivity index (χ0v) is 11.5. The fourth-order valence-electron chi connectivity index (χ4n) is 2.03. The number of ether oxygens (including phenoxy) is 1. The molecule has 0 saturated carbocycles. The Morgan fingerprint density at radius 1 is 1.11 bits per heavy atom. The van der Waals surface area contributed by atoms with Crippen molar-refractivity contribution in [3.8, 4) is 16.9 Å². The molecule has 0 heterocycles. The van der Waals surface area contributed by atoms with Crippen molar-refractivity contribution in [3.05, 3.63) is 47.0 Å². The zero-order valence-electron chi connectivity index (χ0n) is 10.8. The number of hydrogen-bond acceptors (Lipinski definition) is 2. The van der Waals surface area contributed by atoms with Crippen molar-refractivity contribution in [2.24, 2.45) is 0 Å². The highest BCUT2D eigenvalue weighted by Crippen LogP contribution is 2.35. The molecule has 2 nitrogen and oxygen atoms in total. The summed E-state index contributed by atoms with van der Waals surface area (Å²) in [6.07, 6.45) is 0. The minimum absolute atomic E-state index is 0.723. The molecule has 0 fully saturated rings. The van der Waals surface area contributed by atoms with E-state index in [1.807, 2.05) is 38.2 Å². The van der Waals surface area contributed by atoms with E-state index in [2.05, 4.69) is 17.4 Å². The lowest BCUT2D eigenvalue weighted by atomic mass is 10.0. The van der Waals surface area contributed by atoms with Crippen LogP contribution in [-0.2, 0) is 0 Å². The van der Waals surface area contributed by atoms with Gasteiger partial charge in [0.05, 0.1) is 7.11 Å². The number of halogens is 1. The molecule has 0 bridgehead atoms. The lowest BCUT2D eigenvalue weighted by molar-refractivity contribution is 0.413. The number of nitrogens with one attached hydrogen (secondary N) is 1. The second-order valence-corrected chi connectivity index (χ2v) is 4.57. The Morgan fingerprint density at radius 3 is 2.33 bits per heavy atom. The van der Waals surface area contributed by atoms with Crippen LogP contribution in [0.1, 0.15) is 5.56 Å². The summed E-state index contributed by atoms with van der Waals surface area (Å²) in [7, 11) is 3.58. The predicted molar refractivity (Wildman–Crippen MR) is 77.7 cm³/mol. The minimum atomic E-state index is 0.723. The maximum absolute atomic E-state index is 6.12. The van der Waals surface area contributed by atoms with Crippen LogP contribution < -0.4 is 10.1 Å². The molecule has 0 radical (unpaired) electrons. The first-order valence-corrected chi connectivity index (χ1v) is 6.16. The number of rotatable bonds is 3. The van der Waals surface area contributed by atoms with Gasteiger partial charge in [0.25, 0.3) is 0 Å². The summed E-state index contributed by atoms with van der Waals surface area (Å²) in [6.45, 7) is 2.00. The van der Waals surface area contributed by atoms with Crippen LogP contribution >= 0.6 is 11.6 Å². The molecule has 0 aliphatic carbocycles. The van der Waals surface area contributed by atoms with Crippen LogP contribution in [0, 0.1) is 6.92 Å². The number of hydrogen-bond donors (Lipinski definition) is 1. The zero-order chi connectivity index (χ0) is 13.1. The third-order valence-corrected chi connectivity index (χ3v) is 3.15. The van der Waals surface area contributed by atoms with Gasteiger partial charge < -0.3 is 10.1 Å². The Hall–Kier alpha value is -1.67. The van der Waals surface area contributed by atoms with Gasteiger partial charge in [-0.1, -0.05) is 23.7 Å². The van der Waals surface area contributed by atoms with Gasteiger partial charge >= 0.3 is 0 Å². The van der Waals surface area contributed by atoms with Crippen LogP contribution in [0.5, 0.6) is 5.75 Å². The largest absolute Gasteiger partial charge is 0.496 e. The van der Waals surface area contributed by atoms with Crippen LogP contribution in [0.3, 0.4) is 0 Å². The fraction of sp³-hybridized carbons (Fsp3) is 0.200. The van der Waals surface area contributed by atoms with E-state index in [1.54, 1.807) is 7.11 Å². The maximum Gasteiger partial charge on any atom is 0.129 e. The Balaban J connectivity index is 2.54. The molecule has 1 N–H and O–H groups in total. The Morgan fingerprint density at radius 2 is 1.78 bits per heavy atom. The Bertz CT molecular complexity index is 549. The van der Waals surface area contributed by atoms with Crippen LogP contribution in [-0.4, -0.2) is 14.2 Å². The molecular formula is C15H16ClNO. The normalized spacial score (nSPS) is 10.2. The highest BCUT2D eigenvalue weighted by atomic mass is 35.5. The van der Waals surface area contributed by atoms with E-state index in [4.69, 9.17) is 16.3 Å². The molecule has 0 amide bonds. The van der Waals surface area contributed by atoms with Crippen molar-refractivity contribution in [2.75, 3.05) is 19.5 Å². The second kappa shape index (κ2) is 5.32. The minimum Gasteiger partial charge on any atom is -0.496 e. The monoisotopic (exact) mass is 261 g/mol. The first kappa shape index (κ1) is 12.8. The van der Waals surface area contributed by atoms with Gasteiger partial charge in [-0.05, 0) is 42.3 Å². The average molecular weight is 262 g/mol. The molecule has 0 spiro atoms. The average Bonchev–Trinajstić information content (AvgIpc) is 2.38. The molecule has 2 aromatic carbocycles. The van der Waals surface area contributed by atoms with Crippen molar-refractivity contribution in [2.45, 2.75) is 6.92 Å². The van der Waals surface area contributed by atoms with Crippen LogP contribution in [0.2, 0.25) is 5.02 Å². The molecule has 2 aromatic rings. The lowest BCUT2D eigenvalue weighted by Gasteiger charge is -2.13. The fourth-order valence-corrected chi connectivity index (χ4v) is 2.30. The van der Waals surface area contributed by atoms with Crippen molar-refractivity contribution in [3.63, 3.8) is 0 Å². The molecule has 18 heavy (non-hydrogen) atoms. The third kappa shape index (κ3) is 2.44. The first-order valence-electron chi connectivity index (χ1n) is 5.78. The van der Waals surface area contributed by atoms with Crippen molar-refractivity contribution >= 4 is 17.3 Å². The topological polar surface area (TPSA) is 21.3 Å². The van der Waals surface area contributed by atoms with Crippen LogP contribution in [0.25, 0.3) is 11.1 Å². The maximum atomic E-state index is 6.12. The van der Waals surface area contributed by atoms with E-state index in [0.29, 0.717) is 0 Å². The van der Waals surface area contributed by atoms with E-state index in [-0.39, 0.29) is 0 Å².